The zero-order chi connectivity index (χ0) is 19.8. The van der Waals surface area contributed by atoms with Gasteiger partial charge in [0, 0.05) is 0 Å². The van der Waals surface area contributed by atoms with Gasteiger partial charge in [0.05, 0.1) is 39.1 Å². The largest absolute Gasteiger partial charge is 0.493 e. The zero-order valence-electron chi connectivity index (χ0n) is 15.2. The van der Waals surface area contributed by atoms with E-state index < -0.39 is 0 Å². The molecule has 140 valence electrons. The maximum Gasteiger partial charge on any atom is 0.282 e. The smallest absolute Gasteiger partial charge is 0.282 e. The van der Waals surface area contributed by atoms with Crippen molar-refractivity contribution in [1.29, 1.82) is 0 Å². The fourth-order valence-electron chi connectivity index (χ4n) is 2.96. The van der Waals surface area contributed by atoms with Crippen LogP contribution in [-0.4, -0.2) is 30.8 Å². The van der Waals surface area contributed by atoms with Crippen LogP contribution in [0.5, 0.6) is 5.88 Å². The predicted octanol–water partition coefficient (Wildman–Crippen LogP) is 3.44. The van der Waals surface area contributed by atoms with Gasteiger partial charge in [-0.1, -0.05) is 35.9 Å². The van der Waals surface area contributed by atoms with Gasteiger partial charge in [-0.2, -0.15) is 19.6 Å². The van der Waals surface area contributed by atoms with Crippen molar-refractivity contribution in [3.63, 3.8) is 0 Å². The maximum atomic E-state index is 12.7. The van der Waals surface area contributed by atoms with Crippen LogP contribution in [0.25, 0.3) is 16.6 Å². The van der Waals surface area contributed by atoms with Crippen molar-refractivity contribution in [3.8, 4) is 11.6 Å². The summed E-state index contributed by atoms with van der Waals surface area (Å²) in [4.78, 5) is 17.1. The van der Waals surface area contributed by atoms with E-state index in [-0.39, 0.29) is 11.4 Å². The van der Waals surface area contributed by atoms with Crippen LogP contribution >= 0.6 is 11.6 Å². The molecule has 4 rings (SSSR count). The molecule has 4 aromatic rings. The molecule has 0 radical (unpaired) electrons. The quantitative estimate of drug-likeness (QED) is 0.540. The topological polar surface area (TPSA) is 85.3 Å². The van der Waals surface area contributed by atoms with Gasteiger partial charge in [-0.25, -0.2) is 4.98 Å². The van der Waals surface area contributed by atoms with E-state index in [9.17, 15) is 9.90 Å². The molecule has 2 aromatic heterocycles. The molecule has 0 bridgehead atoms. The van der Waals surface area contributed by atoms with E-state index in [0.29, 0.717) is 38.7 Å². The first-order valence-corrected chi connectivity index (χ1v) is 8.91. The number of hydrogen-bond acceptors (Lipinski definition) is 5. The van der Waals surface area contributed by atoms with Crippen molar-refractivity contribution < 1.29 is 5.11 Å². The molecule has 0 saturated heterocycles. The minimum atomic E-state index is -0.282. The van der Waals surface area contributed by atoms with E-state index in [2.05, 4.69) is 15.2 Å². The molecule has 0 aliphatic heterocycles. The molecule has 8 heteroatoms. The van der Waals surface area contributed by atoms with Crippen molar-refractivity contribution in [2.75, 3.05) is 0 Å². The van der Waals surface area contributed by atoms with E-state index in [1.807, 2.05) is 6.07 Å². The Hall–Kier alpha value is -3.45. The summed E-state index contributed by atoms with van der Waals surface area (Å²) in [6.07, 6.45) is 1.40. The first-order valence-electron chi connectivity index (χ1n) is 8.53. The second-order valence-corrected chi connectivity index (χ2v) is 6.63. The molecule has 0 aliphatic rings. The third kappa shape index (κ3) is 2.95. The number of para-hydroxylation sites is 2. The molecule has 2 heterocycles. The van der Waals surface area contributed by atoms with Crippen LogP contribution in [0.15, 0.2) is 58.4 Å². The highest BCUT2D eigenvalue weighted by Gasteiger charge is 2.16. The fraction of sp³-hybridized carbons (Fsp3) is 0.100. The Bertz CT molecular complexity index is 1290. The summed E-state index contributed by atoms with van der Waals surface area (Å²) in [7, 11) is 0. The van der Waals surface area contributed by atoms with E-state index in [1.54, 1.807) is 56.3 Å². The second-order valence-electron chi connectivity index (χ2n) is 6.22. The number of aryl methyl sites for hydroxylation is 2. The lowest BCUT2D eigenvalue weighted by Crippen LogP contribution is -2.20. The lowest BCUT2D eigenvalue weighted by Gasteiger charge is -2.06. The molecule has 1 N–H and O–H groups in total. The minimum Gasteiger partial charge on any atom is -0.493 e. The Morgan fingerprint density at radius 3 is 2.61 bits per heavy atom. The molecule has 0 unspecified atom stereocenters. The second kappa shape index (κ2) is 6.94. The van der Waals surface area contributed by atoms with Crippen molar-refractivity contribution in [1.82, 2.24) is 19.4 Å². The molecule has 0 saturated carbocycles. The number of halogens is 1. The van der Waals surface area contributed by atoms with Crippen LogP contribution < -0.4 is 5.56 Å². The molecule has 28 heavy (non-hydrogen) atoms. The average Bonchev–Trinajstić information content (AvgIpc) is 2.96. The lowest BCUT2D eigenvalue weighted by molar-refractivity contribution is 0.433. The molecule has 0 fully saturated rings. The van der Waals surface area contributed by atoms with Crippen LogP contribution in [0.3, 0.4) is 0 Å². The molecular weight excluding hydrogens is 378 g/mol. The number of aromatic hydroxyl groups is 1. The van der Waals surface area contributed by atoms with Crippen molar-refractivity contribution in [3.05, 3.63) is 81.0 Å². The fourth-order valence-corrected chi connectivity index (χ4v) is 3.17. The van der Waals surface area contributed by atoms with Gasteiger partial charge in [-0.15, -0.1) is 0 Å². The van der Waals surface area contributed by atoms with Crippen LogP contribution in [0.1, 0.15) is 17.1 Å². The van der Waals surface area contributed by atoms with E-state index >= 15 is 0 Å². The normalized spacial score (nSPS) is 11.5. The van der Waals surface area contributed by atoms with Gasteiger partial charge < -0.3 is 5.11 Å². The van der Waals surface area contributed by atoms with Crippen LogP contribution in [0, 0.1) is 13.8 Å². The van der Waals surface area contributed by atoms with Gasteiger partial charge in [-0.3, -0.25) is 4.79 Å². The number of rotatable bonds is 3. The molecule has 0 atom stereocenters. The van der Waals surface area contributed by atoms with Gasteiger partial charge in [0.25, 0.3) is 5.56 Å². The summed E-state index contributed by atoms with van der Waals surface area (Å²) >= 11 is 6.20. The number of nitrogens with zero attached hydrogens (tertiary/aromatic N) is 5. The Balaban J connectivity index is 1.81. The molecule has 0 amide bonds. The Morgan fingerprint density at radius 1 is 1.11 bits per heavy atom. The lowest BCUT2D eigenvalue weighted by atomic mass is 10.2. The Morgan fingerprint density at radius 2 is 1.82 bits per heavy atom. The number of fused-ring (bicyclic) bond motifs is 1. The number of hydrogen-bond donors (Lipinski definition) is 1. The van der Waals surface area contributed by atoms with Crippen molar-refractivity contribution >= 4 is 28.7 Å². The van der Waals surface area contributed by atoms with Gasteiger partial charge in [0.2, 0.25) is 5.88 Å². The Kier molecular flexibility index (Phi) is 4.44. The van der Waals surface area contributed by atoms with E-state index in [4.69, 9.17) is 11.6 Å². The highest BCUT2D eigenvalue weighted by molar-refractivity contribution is 6.32. The minimum absolute atomic E-state index is 0.117. The molecular formula is C20H16ClN5O2. The maximum absolute atomic E-state index is 12.7. The summed E-state index contributed by atoms with van der Waals surface area (Å²) in [5.41, 5.74) is 1.81. The summed E-state index contributed by atoms with van der Waals surface area (Å²) < 4.78 is 2.54. The van der Waals surface area contributed by atoms with E-state index in [1.165, 1.54) is 15.6 Å². The van der Waals surface area contributed by atoms with Crippen LogP contribution in [0.2, 0.25) is 5.02 Å². The van der Waals surface area contributed by atoms with E-state index in [0.717, 1.165) is 0 Å². The molecule has 0 spiro atoms. The van der Waals surface area contributed by atoms with Crippen molar-refractivity contribution in [2.24, 2.45) is 5.10 Å². The first kappa shape index (κ1) is 17.9. The SMILES string of the molecule is Cc1nn(-c2ccccc2Cl)c(O)c1/C=N/n1c(C)nc2ccccc2c1=O. The van der Waals surface area contributed by atoms with Gasteiger partial charge in [0.1, 0.15) is 5.82 Å². The highest BCUT2D eigenvalue weighted by atomic mass is 35.5. The highest BCUT2D eigenvalue weighted by Crippen LogP contribution is 2.27. The summed E-state index contributed by atoms with van der Waals surface area (Å²) in [5, 5.41) is 20.1. The number of benzene rings is 2. The number of aromatic nitrogens is 4. The van der Waals surface area contributed by atoms with Gasteiger partial charge >= 0.3 is 0 Å². The van der Waals surface area contributed by atoms with Crippen LogP contribution in [-0.2, 0) is 0 Å². The third-order valence-corrected chi connectivity index (χ3v) is 4.70. The van der Waals surface area contributed by atoms with Crippen LogP contribution in [0.4, 0.5) is 0 Å². The summed E-state index contributed by atoms with van der Waals surface area (Å²) in [6, 6.07) is 14.1. The third-order valence-electron chi connectivity index (χ3n) is 4.38. The van der Waals surface area contributed by atoms with Gasteiger partial charge in [0.15, 0.2) is 0 Å². The molecule has 2 aromatic carbocycles. The summed E-state index contributed by atoms with van der Waals surface area (Å²) in [6.45, 7) is 3.44. The average molecular weight is 394 g/mol. The predicted molar refractivity (Wildman–Crippen MR) is 109 cm³/mol. The monoisotopic (exact) mass is 393 g/mol. The first-order chi connectivity index (χ1) is 13.5. The standard InChI is InChI=1S/C20H16ClN5O2/c1-12-15(20(28)26(24-12)18-10-6-4-8-16(18)21)11-22-25-13(2)23-17-9-5-3-7-14(17)19(25)27/h3-11,28H,1-2H3/b22-11+. The molecule has 7 nitrogen and oxygen atoms in total. The van der Waals surface area contributed by atoms with Gasteiger partial charge in [-0.05, 0) is 38.1 Å². The zero-order valence-corrected chi connectivity index (χ0v) is 15.9. The Labute approximate surface area is 165 Å². The van der Waals surface area contributed by atoms with Crippen molar-refractivity contribution in [2.45, 2.75) is 13.8 Å². The summed E-state index contributed by atoms with van der Waals surface area (Å²) in [5.74, 6) is 0.324. The molecule has 0 aliphatic carbocycles.